The fourth-order valence-electron chi connectivity index (χ4n) is 2.04. The first-order chi connectivity index (χ1) is 9.61. The Kier molecular flexibility index (Phi) is 7.63. The largest absolute Gasteiger partial charge is 0.380 e. The van der Waals surface area contributed by atoms with Crippen molar-refractivity contribution < 1.29 is 9.53 Å². The lowest BCUT2D eigenvalue weighted by molar-refractivity contribution is -0.118. The average molecular weight is 298 g/mol. The molecule has 0 bridgehead atoms. The Bertz CT molecular complexity index is 421. The Morgan fingerprint density at radius 1 is 1.30 bits per heavy atom. The maximum absolute atomic E-state index is 12.3. The van der Waals surface area contributed by atoms with Gasteiger partial charge in [0.25, 0.3) is 0 Å². The van der Waals surface area contributed by atoms with Gasteiger partial charge in [-0.25, -0.2) is 0 Å². The van der Waals surface area contributed by atoms with Crippen LogP contribution in [0.5, 0.6) is 0 Å². The number of hydrogen-bond acceptors (Lipinski definition) is 2. The molecule has 0 saturated heterocycles. The van der Waals surface area contributed by atoms with Crippen LogP contribution in [0.25, 0.3) is 0 Å². The third-order valence-corrected chi connectivity index (χ3v) is 3.26. The number of alkyl halides is 1. The number of aryl methyl sites for hydroxylation is 1. The molecule has 0 spiro atoms. The molecule has 0 saturated carbocycles. The van der Waals surface area contributed by atoms with Gasteiger partial charge in [0.2, 0.25) is 5.91 Å². The van der Waals surface area contributed by atoms with Crippen molar-refractivity contribution in [2.75, 3.05) is 24.7 Å². The summed E-state index contributed by atoms with van der Waals surface area (Å²) in [6, 6.07) is 7.94. The Labute approximate surface area is 126 Å². The first-order valence-corrected chi connectivity index (χ1v) is 7.66. The van der Waals surface area contributed by atoms with Crippen molar-refractivity contribution >= 4 is 23.2 Å². The van der Waals surface area contributed by atoms with Gasteiger partial charge in [-0.2, -0.15) is 0 Å². The van der Waals surface area contributed by atoms with Gasteiger partial charge in [-0.05, 0) is 31.4 Å². The molecule has 3 nitrogen and oxygen atoms in total. The number of nitrogens with zero attached hydrogens (tertiary/aromatic N) is 1. The summed E-state index contributed by atoms with van der Waals surface area (Å²) < 4.78 is 5.50. The number of anilines is 1. The minimum atomic E-state index is -0.536. The molecule has 0 fully saturated rings. The van der Waals surface area contributed by atoms with Crippen LogP contribution in [-0.4, -0.2) is 31.0 Å². The topological polar surface area (TPSA) is 29.5 Å². The van der Waals surface area contributed by atoms with Crippen molar-refractivity contribution in [1.29, 1.82) is 0 Å². The van der Waals surface area contributed by atoms with Crippen molar-refractivity contribution in [3.05, 3.63) is 29.8 Å². The summed E-state index contributed by atoms with van der Waals surface area (Å²) in [5, 5.41) is -0.536. The summed E-state index contributed by atoms with van der Waals surface area (Å²) >= 11 is 5.98. The Morgan fingerprint density at radius 2 is 2.00 bits per heavy atom. The van der Waals surface area contributed by atoms with E-state index >= 15 is 0 Å². The van der Waals surface area contributed by atoms with Crippen molar-refractivity contribution in [3.63, 3.8) is 0 Å². The first-order valence-electron chi connectivity index (χ1n) is 7.22. The molecule has 1 aromatic rings. The molecule has 0 aliphatic carbocycles. The zero-order valence-corrected chi connectivity index (χ0v) is 13.3. The van der Waals surface area contributed by atoms with Crippen LogP contribution < -0.4 is 4.90 Å². The second kappa shape index (κ2) is 8.98. The van der Waals surface area contributed by atoms with Crippen molar-refractivity contribution in [2.45, 2.75) is 39.0 Å². The smallest absolute Gasteiger partial charge is 0.244 e. The van der Waals surface area contributed by atoms with Crippen LogP contribution in [0.2, 0.25) is 0 Å². The standard InChI is InChI=1S/C16H24ClNO2/c1-4-11-20-12-10-18(16(19)13(3)17)15-9-7-6-8-14(15)5-2/h6-9,13H,4-5,10-12H2,1-3H3. The summed E-state index contributed by atoms with van der Waals surface area (Å²) in [6.07, 6.45) is 1.86. The molecule has 0 aliphatic heterocycles. The first kappa shape index (κ1) is 17.0. The summed E-state index contributed by atoms with van der Waals surface area (Å²) in [7, 11) is 0. The normalized spacial score (nSPS) is 12.2. The van der Waals surface area contributed by atoms with E-state index in [1.54, 1.807) is 11.8 Å². The monoisotopic (exact) mass is 297 g/mol. The van der Waals surface area contributed by atoms with Crippen LogP contribution in [0, 0.1) is 0 Å². The van der Waals surface area contributed by atoms with Gasteiger partial charge in [-0.1, -0.05) is 32.0 Å². The van der Waals surface area contributed by atoms with Gasteiger partial charge in [0.15, 0.2) is 0 Å². The molecule has 0 N–H and O–H groups in total. The number of para-hydroxylation sites is 1. The highest BCUT2D eigenvalue weighted by molar-refractivity contribution is 6.32. The Hall–Kier alpha value is -1.06. The molecule has 4 heteroatoms. The van der Waals surface area contributed by atoms with Gasteiger partial charge in [0.1, 0.15) is 5.38 Å². The predicted octanol–water partition coefficient (Wildman–Crippen LogP) is 3.64. The van der Waals surface area contributed by atoms with E-state index in [0.29, 0.717) is 19.8 Å². The van der Waals surface area contributed by atoms with E-state index in [4.69, 9.17) is 16.3 Å². The number of benzene rings is 1. The predicted molar refractivity (Wildman–Crippen MR) is 84.6 cm³/mol. The summed E-state index contributed by atoms with van der Waals surface area (Å²) in [5.74, 6) is -0.0762. The van der Waals surface area contributed by atoms with Gasteiger partial charge in [0.05, 0.1) is 6.61 Å². The number of hydrogen-bond donors (Lipinski definition) is 0. The Balaban J connectivity index is 2.89. The number of carbonyl (C=O) groups is 1. The summed E-state index contributed by atoms with van der Waals surface area (Å²) in [6.45, 7) is 7.63. The minimum absolute atomic E-state index is 0.0762. The van der Waals surface area contributed by atoms with Crippen LogP contribution in [0.4, 0.5) is 5.69 Å². The molecule has 0 aliphatic rings. The highest BCUT2D eigenvalue weighted by atomic mass is 35.5. The van der Waals surface area contributed by atoms with Crippen molar-refractivity contribution in [1.82, 2.24) is 0 Å². The SMILES string of the molecule is CCCOCCN(C(=O)C(C)Cl)c1ccccc1CC. The van der Waals surface area contributed by atoms with Crippen molar-refractivity contribution in [3.8, 4) is 0 Å². The third-order valence-electron chi connectivity index (χ3n) is 3.08. The summed E-state index contributed by atoms with van der Waals surface area (Å²) in [5.41, 5.74) is 2.08. The van der Waals surface area contributed by atoms with Crippen molar-refractivity contribution in [2.24, 2.45) is 0 Å². The van der Waals surface area contributed by atoms with Gasteiger partial charge in [-0.15, -0.1) is 11.6 Å². The van der Waals surface area contributed by atoms with Crippen LogP contribution in [-0.2, 0) is 16.0 Å². The van der Waals surface area contributed by atoms with E-state index in [2.05, 4.69) is 13.8 Å². The fraction of sp³-hybridized carbons (Fsp3) is 0.562. The van der Waals surface area contributed by atoms with E-state index in [1.807, 2.05) is 24.3 Å². The minimum Gasteiger partial charge on any atom is -0.380 e. The molecule has 112 valence electrons. The average Bonchev–Trinajstić information content (AvgIpc) is 2.46. The Morgan fingerprint density at radius 3 is 2.60 bits per heavy atom. The molecule has 1 unspecified atom stereocenters. The number of carbonyl (C=O) groups excluding carboxylic acids is 1. The van der Waals surface area contributed by atoms with E-state index in [0.717, 1.165) is 24.1 Å². The molecule has 0 aromatic heterocycles. The maximum Gasteiger partial charge on any atom is 0.244 e. The number of amides is 1. The fourth-order valence-corrected chi connectivity index (χ4v) is 2.16. The van der Waals surface area contributed by atoms with Gasteiger partial charge in [-0.3, -0.25) is 4.79 Å². The molecule has 0 radical (unpaired) electrons. The van der Waals surface area contributed by atoms with Gasteiger partial charge >= 0.3 is 0 Å². The summed E-state index contributed by atoms with van der Waals surface area (Å²) in [4.78, 5) is 14.1. The van der Waals surface area contributed by atoms with Crippen LogP contribution in [0.1, 0.15) is 32.8 Å². The molecule has 0 heterocycles. The molecule has 1 aromatic carbocycles. The van der Waals surface area contributed by atoms with Crippen LogP contribution >= 0.6 is 11.6 Å². The molecule has 1 amide bonds. The molecule has 1 atom stereocenters. The number of ether oxygens (including phenoxy) is 1. The lowest BCUT2D eigenvalue weighted by Gasteiger charge is -2.26. The second-order valence-corrected chi connectivity index (χ2v) is 5.36. The third kappa shape index (κ3) is 4.80. The van der Waals surface area contributed by atoms with Gasteiger partial charge < -0.3 is 9.64 Å². The van der Waals surface area contributed by atoms with Gasteiger partial charge in [0, 0.05) is 18.8 Å². The number of halogens is 1. The number of rotatable bonds is 8. The highest BCUT2D eigenvalue weighted by Gasteiger charge is 2.21. The van der Waals surface area contributed by atoms with E-state index in [9.17, 15) is 4.79 Å². The quantitative estimate of drug-likeness (QED) is 0.541. The van der Waals surface area contributed by atoms with Crippen LogP contribution in [0.15, 0.2) is 24.3 Å². The molecular weight excluding hydrogens is 274 g/mol. The maximum atomic E-state index is 12.3. The van der Waals surface area contributed by atoms with Crippen LogP contribution in [0.3, 0.4) is 0 Å². The lowest BCUT2D eigenvalue weighted by Crippen LogP contribution is -2.38. The van der Waals surface area contributed by atoms with E-state index in [-0.39, 0.29) is 5.91 Å². The molecular formula is C16H24ClNO2. The highest BCUT2D eigenvalue weighted by Crippen LogP contribution is 2.22. The zero-order valence-electron chi connectivity index (χ0n) is 12.6. The van der Waals surface area contributed by atoms with E-state index < -0.39 is 5.38 Å². The lowest BCUT2D eigenvalue weighted by atomic mass is 10.1. The zero-order chi connectivity index (χ0) is 15.0. The molecule has 20 heavy (non-hydrogen) atoms. The van der Waals surface area contributed by atoms with E-state index in [1.165, 1.54) is 0 Å². The molecule has 1 rings (SSSR count). The second-order valence-electron chi connectivity index (χ2n) is 4.70.